The van der Waals surface area contributed by atoms with Gasteiger partial charge in [0.25, 0.3) is 0 Å². The molecule has 6 heteroatoms. The monoisotopic (exact) mass is 238 g/mol. The van der Waals surface area contributed by atoms with E-state index in [2.05, 4.69) is 15.0 Å². The summed E-state index contributed by atoms with van der Waals surface area (Å²) >= 11 is 0. The lowest BCUT2D eigenvalue weighted by Gasteiger charge is -2.13. The normalized spacial score (nSPS) is 11.6. The van der Waals surface area contributed by atoms with Crippen LogP contribution in [0.5, 0.6) is 0 Å². The molecular formula is C11H14N2O4. The van der Waals surface area contributed by atoms with E-state index in [0.717, 1.165) is 0 Å². The number of rotatable bonds is 5. The zero-order valence-corrected chi connectivity index (χ0v) is 9.64. The number of esters is 1. The maximum Gasteiger partial charge on any atom is 0.356 e. The van der Waals surface area contributed by atoms with Crippen molar-refractivity contribution in [2.45, 2.75) is 19.4 Å². The van der Waals surface area contributed by atoms with Crippen molar-refractivity contribution in [2.75, 3.05) is 12.4 Å². The average molecular weight is 238 g/mol. The highest BCUT2D eigenvalue weighted by Crippen LogP contribution is 2.11. The average Bonchev–Trinajstić information content (AvgIpc) is 2.27. The molecule has 1 heterocycles. The van der Waals surface area contributed by atoms with E-state index in [1.54, 1.807) is 13.0 Å². The molecule has 0 aromatic carbocycles. The molecule has 0 fully saturated rings. The lowest BCUT2D eigenvalue weighted by Crippen LogP contribution is -2.19. The van der Waals surface area contributed by atoms with E-state index < -0.39 is 11.9 Å². The van der Waals surface area contributed by atoms with Gasteiger partial charge >= 0.3 is 11.9 Å². The van der Waals surface area contributed by atoms with Crippen LogP contribution >= 0.6 is 0 Å². The van der Waals surface area contributed by atoms with E-state index in [4.69, 9.17) is 5.11 Å². The van der Waals surface area contributed by atoms with Gasteiger partial charge in [0, 0.05) is 17.9 Å². The molecule has 0 bridgehead atoms. The molecule has 0 saturated carbocycles. The lowest BCUT2D eigenvalue weighted by atomic mass is 10.2. The van der Waals surface area contributed by atoms with Crippen LogP contribution in [0.15, 0.2) is 18.3 Å². The van der Waals surface area contributed by atoms with Gasteiger partial charge in [-0.2, -0.15) is 0 Å². The third-order valence-electron chi connectivity index (χ3n) is 2.05. The van der Waals surface area contributed by atoms with Crippen LogP contribution in [0.1, 0.15) is 23.8 Å². The van der Waals surface area contributed by atoms with Crippen LogP contribution in [0.4, 0.5) is 5.69 Å². The Bertz CT molecular complexity index is 420. The predicted molar refractivity (Wildman–Crippen MR) is 60.9 cm³/mol. The van der Waals surface area contributed by atoms with E-state index in [1.807, 2.05) is 0 Å². The number of nitrogens with one attached hydrogen (secondary N) is 1. The van der Waals surface area contributed by atoms with Crippen molar-refractivity contribution in [3.63, 3.8) is 0 Å². The molecule has 2 N–H and O–H groups in total. The van der Waals surface area contributed by atoms with Crippen LogP contribution in [-0.4, -0.2) is 35.2 Å². The highest BCUT2D eigenvalue weighted by Gasteiger charge is 2.10. The van der Waals surface area contributed by atoms with Crippen LogP contribution in [0, 0.1) is 0 Å². The molecule has 0 aliphatic carbocycles. The third kappa shape index (κ3) is 4.10. The molecule has 0 aliphatic heterocycles. The minimum atomic E-state index is -0.882. The second kappa shape index (κ2) is 5.83. The summed E-state index contributed by atoms with van der Waals surface area (Å²) in [7, 11) is 1.27. The molecule has 1 atom stereocenters. The van der Waals surface area contributed by atoms with Crippen LogP contribution in [0.3, 0.4) is 0 Å². The molecule has 1 rings (SSSR count). The van der Waals surface area contributed by atoms with Crippen molar-refractivity contribution >= 4 is 17.6 Å². The van der Waals surface area contributed by atoms with Gasteiger partial charge in [0.15, 0.2) is 0 Å². The van der Waals surface area contributed by atoms with E-state index in [1.165, 1.54) is 19.4 Å². The Balaban J connectivity index is 2.72. The Labute approximate surface area is 98.6 Å². The first-order valence-electron chi connectivity index (χ1n) is 5.05. The van der Waals surface area contributed by atoms with Crippen molar-refractivity contribution in [3.8, 4) is 0 Å². The standard InChI is InChI=1S/C11H14N2O4/c1-7(5-10(14)15)13-8-3-4-12-9(6-8)11(16)17-2/h3-4,6-7H,5H2,1-2H3,(H,12,13)(H,14,15). The number of anilines is 1. The van der Waals surface area contributed by atoms with Gasteiger partial charge in [-0.15, -0.1) is 0 Å². The van der Waals surface area contributed by atoms with Crippen molar-refractivity contribution < 1.29 is 19.4 Å². The Kier molecular flexibility index (Phi) is 4.45. The maximum absolute atomic E-state index is 11.2. The number of methoxy groups -OCH3 is 1. The number of carbonyl (C=O) groups is 2. The fourth-order valence-corrected chi connectivity index (χ4v) is 1.33. The van der Waals surface area contributed by atoms with Crippen LogP contribution in [-0.2, 0) is 9.53 Å². The fourth-order valence-electron chi connectivity index (χ4n) is 1.33. The van der Waals surface area contributed by atoms with Gasteiger partial charge in [-0.1, -0.05) is 0 Å². The molecule has 17 heavy (non-hydrogen) atoms. The lowest BCUT2D eigenvalue weighted by molar-refractivity contribution is -0.137. The molecule has 1 aromatic heterocycles. The third-order valence-corrected chi connectivity index (χ3v) is 2.05. The van der Waals surface area contributed by atoms with E-state index in [9.17, 15) is 9.59 Å². The molecule has 1 aromatic rings. The molecule has 0 spiro atoms. The largest absolute Gasteiger partial charge is 0.481 e. The Hall–Kier alpha value is -2.11. The highest BCUT2D eigenvalue weighted by molar-refractivity contribution is 5.88. The number of nitrogens with zero attached hydrogens (tertiary/aromatic N) is 1. The Morgan fingerprint density at radius 3 is 2.88 bits per heavy atom. The van der Waals surface area contributed by atoms with Crippen molar-refractivity contribution in [1.82, 2.24) is 4.98 Å². The molecule has 92 valence electrons. The number of hydrogen-bond acceptors (Lipinski definition) is 5. The van der Waals surface area contributed by atoms with Gasteiger partial charge in [0.2, 0.25) is 0 Å². The van der Waals surface area contributed by atoms with Gasteiger partial charge < -0.3 is 15.2 Å². The van der Waals surface area contributed by atoms with Gasteiger partial charge in [-0.3, -0.25) is 4.79 Å². The maximum atomic E-state index is 11.2. The second-order valence-corrected chi connectivity index (χ2v) is 3.56. The van der Waals surface area contributed by atoms with Gasteiger partial charge in [0.1, 0.15) is 5.69 Å². The summed E-state index contributed by atoms with van der Waals surface area (Å²) in [5.41, 5.74) is 0.814. The number of pyridine rings is 1. The molecule has 0 saturated heterocycles. The zero-order valence-electron chi connectivity index (χ0n) is 9.64. The van der Waals surface area contributed by atoms with E-state index >= 15 is 0 Å². The fraction of sp³-hybridized carbons (Fsp3) is 0.364. The van der Waals surface area contributed by atoms with Crippen molar-refractivity contribution in [3.05, 3.63) is 24.0 Å². The summed E-state index contributed by atoms with van der Waals surface area (Å²) in [6, 6.07) is 2.94. The molecule has 0 amide bonds. The number of aromatic nitrogens is 1. The van der Waals surface area contributed by atoms with Crippen LogP contribution < -0.4 is 5.32 Å². The minimum Gasteiger partial charge on any atom is -0.481 e. The highest BCUT2D eigenvalue weighted by atomic mass is 16.5. The van der Waals surface area contributed by atoms with Crippen molar-refractivity contribution in [2.24, 2.45) is 0 Å². The van der Waals surface area contributed by atoms with E-state index in [-0.39, 0.29) is 18.2 Å². The molecular weight excluding hydrogens is 224 g/mol. The summed E-state index contributed by atoms with van der Waals surface area (Å²) in [5.74, 6) is -1.41. The molecule has 1 unspecified atom stereocenters. The number of aliphatic carboxylic acids is 1. The first-order valence-corrected chi connectivity index (χ1v) is 5.05. The summed E-state index contributed by atoms with van der Waals surface area (Å²) in [4.78, 5) is 25.6. The quantitative estimate of drug-likeness (QED) is 0.748. The molecule has 0 aliphatic rings. The summed E-state index contributed by atoms with van der Waals surface area (Å²) in [6.45, 7) is 1.74. The Morgan fingerprint density at radius 1 is 1.59 bits per heavy atom. The SMILES string of the molecule is COC(=O)c1cc(NC(C)CC(=O)O)ccn1. The van der Waals surface area contributed by atoms with E-state index in [0.29, 0.717) is 5.69 Å². The van der Waals surface area contributed by atoms with Crippen molar-refractivity contribution in [1.29, 1.82) is 0 Å². The Morgan fingerprint density at radius 2 is 2.29 bits per heavy atom. The zero-order chi connectivity index (χ0) is 12.8. The second-order valence-electron chi connectivity index (χ2n) is 3.56. The molecule has 0 radical (unpaired) electrons. The van der Waals surface area contributed by atoms with Gasteiger partial charge in [0.05, 0.1) is 13.5 Å². The number of carboxylic acid groups (broad SMARTS) is 1. The van der Waals surface area contributed by atoms with Crippen LogP contribution in [0.25, 0.3) is 0 Å². The molecule has 6 nitrogen and oxygen atoms in total. The summed E-state index contributed by atoms with van der Waals surface area (Å²) in [5, 5.41) is 11.6. The minimum absolute atomic E-state index is 0.00409. The van der Waals surface area contributed by atoms with Crippen LogP contribution in [0.2, 0.25) is 0 Å². The smallest absolute Gasteiger partial charge is 0.356 e. The predicted octanol–water partition coefficient (Wildman–Crippen LogP) is 1.14. The first-order chi connectivity index (χ1) is 8.02. The first kappa shape index (κ1) is 13.0. The number of ether oxygens (including phenoxy) is 1. The topological polar surface area (TPSA) is 88.5 Å². The number of hydrogen-bond donors (Lipinski definition) is 2. The van der Waals surface area contributed by atoms with Gasteiger partial charge in [-0.25, -0.2) is 9.78 Å². The summed E-state index contributed by atoms with van der Waals surface area (Å²) in [6.07, 6.45) is 1.46. The summed E-state index contributed by atoms with van der Waals surface area (Å²) < 4.78 is 4.54. The number of carbonyl (C=O) groups excluding carboxylic acids is 1. The number of carboxylic acids is 1. The van der Waals surface area contributed by atoms with Gasteiger partial charge in [-0.05, 0) is 19.1 Å².